The number of carbonyl (C=O) groups excluding carboxylic acids is 1. The summed E-state index contributed by atoms with van der Waals surface area (Å²) in [6.45, 7) is 2.55. The van der Waals surface area contributed by atoms with E-state index in [1.165, 1.54) is 24.6 Å². The Kier molecular flexibility index (Phi) is 6.44. The molecule has 2 aromatic heterocycles. The Balaban J connectivity index is 1.32. The van der Waals surface area contributed by atoms with Crippen LogP contribution in [-0.4, -0.2) is 39.5 Å². The summed E-state index contributed by atoms with van der Waals surface area (Å²) in [5.74, 6) is 1.71. The minimum atomic E-state index is -0.0690. The predicted octanol–water partition coefficient (Wildman–Crippen LogP) is 4.92. The number of furan rings is 1. The van der Waals surface area contributed by atoms with E-state index in [9.17, 15) is 4.79 Å². The lowest BCUT2D eigenvalue weighted by atomic mass is 10.2. The van der Waals surface area contributed by atoms with Crippen LogP contribution in [0.25, 0.3) is 11.4 Å². The molecular weight excluding hydrogens is 434 g/mol. The fourth-order valence-electron chi connectivity index (χ4n) is 4.03. The van der Waals surface area contributed by atoms with Gasteiger partial charge >= 0.3 is 0 Å². The van der Waals surface area contributed by atoms with Crippen LogP contribution in [0.3, 0.4) is 0 Å². The van der Waals surface area contributed by atoms with Gasteiger partial charge < -0.3 is 14.6 Å². The van der Waals surface area contributed by atoms with Crippen molar-refractivity contribution in [3.63, 3.8) is 0 Å². The minimum Gasteiger partial charge on any atom is -0.467 e. The Morgan fingerprint density at radius 1 is 0.970 bits per heavy atom. The smallest absolute Gasteiger partial charge is 0.234 e. The van der Waals surface area contributed by atoms with E-state index in [2.05, 4.69) is 26.5 Å². The van der Waals surface area contributed by atoms with Gasteiger partial charge in [-0.3, -0.25) is 9.36 Å². The molecule has 0 atom stereocenters. The van der Waals surface area contributed by atoms with Gasteiger partial charge in [-0.2, -0.15) is 0 Å². The first-order valence-electron chi connectivity index (χ1n) is 11.1. The van der Waals surface area contributed by atoms with Crippen molar-refractivity contribution in [3.8, 4) is 11.4 Å². The highest BCUT2D eigenvalue weighted by atomic mass is 32.2. The van der Waals surface area contributed by atoms with Crippen molar-refractivity contribution in [3.05, 3.63) is 78.8 Å². The first-order valence-corrected chi connectivity index (χ1v) is 12.0. The largest absolute Gasteiger partial charge is 0.467 e. The number of nitrogens with zero attached hydrogens (tertiary/aromatic N) is 4. The summed E-state index contributed by atoms with van der Waals surface area (Å²) in [6.07, 6.45) is 4.03. The second-order valence-corrected chi connectivity index (χ2v) is 8.83. The third-order valence-electron chi connectivity index (χ3n) is 5.60. The van der Waals surface area contributed by atoms with Crippen LogP contribution in [-0.2, 0) is 11.3 Å². The second-order valence-electron chi connectivity index (χ2n) is 7.89. The van der Waals surface area contributed by atoms with Crippen molar-refractivity contribution in [1.29, 1.82) is 0 Å². The molecule has 1 saturated heterocycles. The quantitative estimate of drug-likeness (QED) is 0.377. The lowest BCUT2D eigenvalue weighted by Crippen LogP contribution is -2.21. The zero-order chi connectivity index (χ0) is 22.5. The van der Waals surface area contributed by atoms with Crippen LogP contribution >= 0.6 is 11.8 Å². The van der Waals surface area contributed by atoms with Crippen LogP contribution in [0.2, 0.25) is 0 Å². The number of amides is 1. The molecule has 1 aliphatic heterocycles. The maximum Gasteiger partial charge on any atom is 0.234 e. The highest BCUT2D eigenvalue weighted by Crippen LogP contribution is 2.29. The fourth-order valence-corrected chi connectivity index (χ4v) is 4.76. The van der Waals surface area contributed by atoms with Gasteiger partial charge in [-0.15, -0.1) is 10.2 Å². The first-order chi connectivity index (χ1) is 16.3. The molecule has 0 bridgehead atoms. The number of carbonyl (C=O) groups is 1. The average molecular weight is 460 g/mol. The Bertz CT molecular complexity index is 1200. The van der Waals surface area contributed by atoms with Gasteiger partial charge in [-0.25, -0.2) is 0 Å². The molecule has 3 heterocycles. The number of para-hydroxylation sites is 2. The summed E-state index contributed by atoms with van der Waals surface area (Å²) < 4.78 is 7.54. The third-order valence-corrected chi connectivity index (χ3v) is 6.57. The topological polar surface area (TPSA) is 76.2 Å². The molecule has 0 aliphatic carbocycles. The van der Waals surface area contributed by atoms with E-state index in [-0.39, 0.29) is 11.7 Å². The van der Waals surface area contributed by atoms with Crippen molar-refractivity contribution in [1.82, 2.24) is 14.8 Å². The number of nitrogens with one attached hydrogen (secondary N) is 1. The maximum atomic E-state index is 12.8. The standard InChI is InChI=1S/C25H25N5O2S/c31-23(26-21-12-4-5-13-22(21)29-14-6-7-15-29)18-33-25-28-27-24(19-9-2-1-3-10-19)30(25)17-20-11-8-16-32-20/h1-5,8-13,16H,6-7,14-15,17-18H2,(H,26,31). The van der Waals surface area contributed by atoms with Crippen molar-refractivity contribution in [2.24, 2.45) is 0 Å². The van der Waals surface area contributed by atoms with Crippen LogP contribution in [0, 0.1) is 0 Å². The van der Waals surface area contributed by atoms with Gasteiger partial charge in [0.1, 0.15) is 5.76 Å². The predicted molar refractivity (Wildman–Crippen MR) is 131 cm³/mol. The normalized spacial score (nSPS) is 13.4. The molecule has 0 saturated carbocycles. The minimum absolute atomic E-state index is 0.0690. The van der Waals surface area contributed by atoms with Crippen LogP contribution in [0.1, 0.15) is 18.6 Å². The molecular formula is C25H25N5O2S. The number of benzene rings is 2. The van der Waals surface area contributed by atoms with E-state index in [0.717, 1.165) is 41.6 Å². The van der Waals surface area contributed by atoms with Crippen molar-refractivity contribution in [2.75, 3.05) is 29.1 Å². The van der Waals surface area contributed by atoms with Gasteiger partial charge in [0, 0.05) is 18.7 Å². The fraction of sp³-hybridized carbons (Fsp3) is 0.240. The van der Waals surface area contributed by atoms with Crippen LogP contribution < -0.4 is 10.2 Å². The molecule has 168 valence electrons. The van der Waals surface area contributed by atoms with E-state index in [1.54, 1.807) is 6.26 Å². The van der Waals surface area contributed by atoms with E-state index in [4.69, 9.17) is 4.42 Å². The number of rotatable bonds is 8. The summed E-state index contributed by atoms with van der Waals surface area (Å²) in [6, 6.07) is 21.7. The molecule has 0 spiro atoms. The van der Waals surface area contributed by atoms with Gasteiger partial charge in [0.2, 0.25) is 5.91 Å². The molecule has 1 fully saturated rings. The van der Waals surface area contributed by atoms with Crippen LogP contribution in [0.15, 0.2) is 82.6 Å². The highest BCUT2D eigenvalue weighted by Gasteiger charge is 2.19. The molecule has 7 nitrogen and oxygen atoms in total. The number of hydrogen-bond acceptors (Lipinski definition) is 6. The molecule has 5 rings (SSSR count). The van der Waals surface area contributed by atoms with Crippen molar-refractivity contribution in [2.45, 2.75) is 24.5 Å². The molecule has 1 amide bonds. The molecule has 2 aromatic carbocycles. The van der Waals surface area contributed by atoms with Gasteiger partial charge in [0.05, 0.1) is 29.9 Å². The van der Waals surface area contributed by atoms with Gasteiger partial charge in [-0.1, -0.05) is 54.2 Å². The van der Waals surface area contributed by atoms with Gasteiger partial charge in [0.15, 0.2) is 11.0 Å². The number of anilines is 2. The zero-order valence-corrected chi connectivity index (χ0v) is 19.0. The molecule has 4 aromatic rings. The number of hydrogen-bond donors (Lipinski definition) is 1. The third kappa shape index (κ3) is 4.96. The van der Waals surface area contributed by atoms with Crippen molar-refractivity contribution < 1.29 is 9.21 Å². The van der Waals surface area contributed by atoms with E-state index >= 15 is 0 Å². The summed E-state index contributed by atoms with van der Waals surface area (Å²) in [5.41, 5.74) is 2.90. The molecule has 0 radical (unpaired) electrons. The maximum absolute atomic E-state index is 12.8. The average Bonchev–Trinajstić information content (AvgIpc) is 3.62. The molecule has 0 unspecified atom stereocenters. The SMILES string of the molecule is O=C(CSc1nnc(-c2ccccc2)n1Cc1ccco1)Nc1ccccc1N1CCCC1. The highest BCUT2D eigenvalue weighted by molar-refractivity contribution is 7.99. The molecule has 1 aliphatic rings. The lowest BCUT2D eigenvalue weighted by Gasteiger charge is -2.21. The zero-order valence-electron chi connectivity index (χ0n) is 18.2. The molecule has 33 heavy (non-hydrogen) atoms. The van der Waals surface area contributed by atoms with E-state index in [1.807, 2.05) is 65.2 Å². The van der Waals surface area contributed by atoms with E-state index < -0.39 is 0 Å². The Hall–Kier alpha value is -3.52. The van der Waals surface area contributed by atoms with Gasteiger partial charge in [0.25, 0.3) is 0 Å². The number of thioether (sulfide) groups is 1. The van der Waals surface area contributed by atoms with Crippen LogP contribution in [0.5, 0.6) is 0 Å². The Morgan fingerprint density at radius 3 is 2.55 bits per heavy atom. The lowest BCUT2D eigenvalue weighted by molar-refractivity contribution is -0.113. The molecule has 1 N–H and O–H groups in total. The second kappa shape index (κ2) is 9.95. The molecule has 8 heteroatoms. The Morgan fingerprint density at radius 2 is 1.76 bits per heavy atom. The van der Waals surface area contributed by atoms with E-state index in [0.29, 0.717) is 11.7 Å². The Labute approximate surface area is 196 Å². The van der Waals surface area contributed by atoms with Crippen LogP contribution in [0.4, 0.5) is 11.4 Å². The monoisotopic (exact) mass is 459 g/mol. The van der Waals surface area contributed by atoms with Crippen molar-refractivity contribution >= 4 is 29.0 Å². The van der Waals surface area contributed by atoms with Gasteiger partial charge in [-0.05, 0) is 37.1 Å². The number of aromatic nitrogens is 3. The summed E-state index contributed by atoms with van der Waals surface area (Å²) >= 11 is 1.37. The summed E-state index contributed by atoms with van der Waals surface area (Å²) in [4.78, 5) is 15.2. The first kappa shape index (κ1) is 21.3. The summed E-state index contributed by atoms with van der Waals surface area (Å²) in [7, 11) is 0. The summed E-state index contributed by atoms with van der Waals surface area (Å²) in [5, 5.41) is 12.5.